The average Bonchev–Trinajstić information content (AvgIpc) is 2.26. The van der Waals surface area contributed by atoms with E-state index in [1.165, 1.54) is 11.1 Å². The van der Waals surface area contributed by atoms with E-state index in [2.05, 4.69) is 30.4 Å². The van der Waals surface area contributed by atoms with Crippen LogP contribution in [0, 0.1) is 5.41 Å². The third-order valence-electron chi connectivity index (χ3n) is 2.76. The second-order valence-electron chi connectivity index (χ2n) is 5.45. The van der Waals surface area contributed by atoms with Gasteiger partial charge in [0.25, 0.3) is 0 Å². The summed E-state index contributed by atoms with van der Waals surface area (Å²) in [5.41, 5.74) is 2.25. The molecule has 0 atom stereocenters. The van der Waals surface area contributed by atoms with Gasteiger partial charge in [-0.25, -0.2) is 0 Å². The molecule has 94 valence electrons. The first kappa shape index (κ1) is 13.8. The summed E-state index contributed by atoms with van der Waals surface area (Å²) in [6.07, 6.45) is 2.20. The van der Waals surface area contributed by atoms with Crippen molar-refractivity contribution in [1.82, 2.24) is 5.32 Å². The molecule has 0 aromatic heterocycles. The van der Waals surface area contributed by atoms with Gasteiger partial charge in [0.2, 0.25) is 5.91 Å². The highest BCUT2D eigenvalue weighted by Gasteiger charge is 2.20. The minimum Gasteiger partial charge on any atom is -0.352 e. The van der Waals surface area contributed by atoms with Gasteiger partial charge in [0, 0.05) is 12.0 Å². The number of rotatable bonds is 4. The van der Waals surface area contributed by atoms with Crippen molar-refractivity contribution in [3.63, 3.8) is 0 Å². The van der Waals surface area contributed by atoms with Crippen molar-refractivity contribution < 1.29 is 4.79 Å². The second-order valence-corrected chi connectivity index (χ2v) is 5.45. The van der Waals surface area contributed by atoms with Gasteiger partial charge in [-0.2, -0.15) is 0 Å². The normalized spacial score (nSPS) is 11.3. The van der Waals surface area contributed by atoms with Crippen molar-refractivity contribution in [2.75, 3.05) is 0 Å². The fourth-order valence-electron chi connectivity index (χ4n) is 1.68. The molecular formula is C15H23NO. The molecule has 0 unspecified atom stereocenters. The van der Waals surface area contributed by atoms with Crippen molar-refractivity contribution in [1.29, 1.82) is 0 Å². The Hall–Kier alpha value is -1.31. The summed E-state index contributed by atoms with van der Waals surface area (Å²) in [6.45, 7) is 8.59. The third-order valence-corrected chi connectivity index (χ3v) is 2.76. The zero-order valence-electron chi connectivity index (χ0n) is 11.3. The van der Waals surface area contributed by atoms with Crippen LogP contribution in [0.2, 0.25) is 0 Å². The summed E-state index contributed by atoms with van der Waals surface area (Å²) in [6, 6.07) is 8.31. The predicted octanol–water partition coefficient (Wildman–Crippen LogP) is 3.30. The van der Waals surface area contributed by atoms with Crippen LogP contribution in [-0.2, 0) is 17.8 Å². The standard InChI is InChI=1S/C15H23NO/c1-5-8-12-9-6-7-10-13(12)11-16-14(17)15(2,3)4/h6-7,9-10H,5,8,11H2,1-4H3,(H,16,17). The van der Waals surface area contributed by atoms with Crippen molar-refractivity contribution >= 4 is 5.91 Å². The molecule has 1 amide bonds. The summed E-state index contributed by atoms with van der Waals surface area (Å²) in [4.78, 5) is 11.8. The highest BCUT2D eigenvalue weighted by Crippen LogP contribution is 2.15. The minimum absolute atomic E-state index is 0.101. The van der Waals surface area contributed by atoms with E-state index in [0.717, 1.165) is 12.8 Å². The molecule has 2 heteroatoms. The van der Waals surface area contributed by atoms with E-state index in [0.29, 0.717) is 6.54 Å². The molecule has 1 N–H and O–H groups in total. The lowest BCUT2D eigenvalue weighted by Gasteiger charge is -2.18. The van der Waals surface area contributed by atoms with E-state index in [1.54, 1.807) is 0 Å². The molecule has 17 heavy (non-hydrogen) atoms. The number of carbonyl (C=O) groups excluding carboxylic acids is 1. The molecular weight excluding hydrogens is 210 g/mol. The Kier molecular flexibility index (Phi) is 4.73. The van der Waals surface area contributed by atoms with E-state index in [-0.39, 0.29) is 11.3 Å². The van der Waals surface area contributed by atoms with Gasteiger partial charge in [-0.15, -0.1) is 0 Å². The van der Waals surface area contributed by atoms with Crippen LogP contribution >= 0.6 is 0 Å². The lowest BCUT2D eigenvalue weighted by molar-refractivity contribution is -0.128. The summed E-state index contributed by atoms with van der Waals surface area (Å²) < 4.78 is 0. The molecule has 0 radical (unpaired) electrons. The summed E-state index contributed by atoms with van der Waals surface area (Å²) in [5, 5.41) is 3.00. The van der Waals surface area contributed by atoms with Crippen LogP contribution in [0.15, 0.2) is 24.3 Å². The van der Waals surface area contributed by atoms with Crippen molar-refractivity contribution in [2.24, 2.45) is 5.41 Å². The molecule has 1 aromatic rings. The largest absolute Gasteiger partial charge is 0.352 e. The topological polar surface area (TPSA) is 29.1 Å². The molecule has 0 heterocycles. The molecule has 0 bridgehead atoms. The molecule has 0 spiro atoms. The van der Waals surface area contributed by atoms with Crippen molar-refractivity contribution in [3.05, 3.63) is 35.4 Å². The maximum absolute atomic E-state index is 11.8. The van der Waals surface area contributed by atoms with Gasteiger partial charge in [-0.1, -0.05) is 58.4 Å². The maximum atomic E-state index is 11.8. The number of hydrogen-bond acceptors (Lipinski definition) is 1. The summed E-state index contributed by atoms with van der Waals surface area (Å²) in [7, 11) is 0. The van der Waals surface area contributed by atoms with E-state index in [1.807, 2.05) is 26.8 Å². The Morgan fingerprint density at radius 3 is 2.29 bits per heavy atom. The number of benzene rings is 1. The fraction of sp³-hybridized carbons (Fsp3) is 0.533. The Labute approximate surface area is 104 Å². The van der Waals surface area contributed by atoms with Gasteiger partial charge < -0.3 is 5.32 Å². The molecule has 0 aliphatic rings. The van der Waals surface area contributed by atoms with E-state index in [9.17, 15) is 4.79 Å². The highest BCUT2D eigenvalue weighted by molar-refractivity contribution is 5.81. The molecule has 1 rings (SSSR count). The number of hydrogen-bond donors (Lipinski definition) is 1. The molecule has 2 nitrogen and oxygen atoms in total. The lowest BCUT2D eigenvalue weighted by Crippen LogP contribution is -2.34. The van der Waals surface area contributed by atoms with Gasteiger partial charge in [-0.3, -0.25) is 4.79 Å². The highest BCUT2D eigenvalue weighted by atomic mass is 16.2. The first-order chi connectivity index (χ1) is 7.95. The number of carbonyl (C=O) groups is 1. The Bertz CT molecular complexity index is 377. The lowest BCUT2D eigenvalue weighted by atomic mass is 9.95. The fourth-order valence-corrected chi connectivity index (χ4v) is 1.68. The van der Waals surface area contributed by atoms with Crippen LogP contribution in [0.25, 0.3) is 0 Å². The minimum atomic E-state index is -0.320. The second kappa shape index (κ2) is 5.85. The number of aryl methyl sites for hydroxylation is 1. The Morgan fingerprint density at radius 1 is 1.18 bits per heavy atom. The Morgan fingerprint density at radius 2 is 1.76 bits per heavy atom. The van der Waals surface area contributed by atoms with Crippen LogP contribution in [0.1, 0.15) is 45.2 Å². The van der Waals surface area contributed by atoms with E-state index >= 15 is 0 Å². The average molecular weight is 233 g/mol. The quantitative estimate of drug-likeness (QED) is 0.849. The zero-order valence-corrected chi connectivity index (χ0v) is 11.3. The first-order valence-electron chi connectivity index (χ1n) is 6.30. The molecule has 0 fully saturated rings. The maximum Gasteiger partial charge on any atom is 0.225 e. The van der Waals surface area contributed by atoms with E-state index < -0.39 is 0 Å². The van der Waals surface area contributed by atoms with Gasteiger partial charge in [-0.05, 0) is 17.5 Å². The molecule has 0 saturated carbocycles. The smallest absolute Gasteiger partial charge is 0.225 e. The van der Waals surface area contributed by atoms with E-state index in [4.69, 9.17) is 0 Å². The summed E-state index contributed by atoms with van der Waals surface area (Å²) >= 11 is 0. The SMILES string of the molecule is CCCc1ccccc1CNC(=O)C(C)(C)C. The molecule has 0 aliphatic heterocycles. The zero-order chi connectivity index (χ0) is 12.9. The third kappa shape index (κ3) is 4.22. The van der Waals surface area contributed by atoms with Crippen LogP contribution in [0.3, 0.4) is 0 Å². The number of amides is 1. The van der Waals surface area contributed by atoms with Crippen molar-refractivity contribution in [2.45, 2.75) is 47.1 Å². The Balaban J connectivity index is 2.66. The summed E-state index contributed by atoms with van der Waals surface area (Å²) in [5.74, 6) is 0.101. The van der Waals surface area contributed by atoms with Crippen LogP contribution in [-0.4, -0.2) is 5.91 Å². The van der Waals surface area contributed by atoms with Crippen LogP contribution in [0.5, 0.6) is 0 Å². The van der Waals surface area contributed by atoms with Gasteiger partial charge in [0.05, 0.1) is 0 Å². The van der Waals surface area contributed by atoms with Crippen molar-refractivity contribution in [3.8, 4) is 0 Å². The molecule has 1 aromatic carbocycles. The van der Waals surface area contributed by atoms with Crippen LogP contribution in [0.4, 0.5) is 0 Å². The number of nitrogens with one attached hydrogen (secondary N) is 1. The molecule has 0 aliphatic carbocycles. The van der Waals surface area contributed by atoms with Crippen LogP contribution < -0.4 is 5.32 Å². The monoisotopic (exact) mass is 233 g/mol. The van der Waals surface area contributed by atoms with Gasteiger partial charge in [0.1, 0.15) is 0 Å². The van der Waals surface area contributed by atoms with Gasteiger partial charge in [0.15, 0.2) is 0 Å². The molecule has 0 saturated heterocycles. The first-order valence-corrected chi connectivity index (χ1v) is 6.30. The van der Waals surface area contributed by atoms with Gasteiger partial charge >= 0.3 is 0 Å². The predicted molar refractivity (Wildman–Crippen MR) is 71.7 cm³/mol.